The van der Waals surface area contributed by atoms with E-state index < -0.39 is 5.41 Å². The number of esters is 4. The Morgan fingerprint density at radius 1 is 0.390 bits per heavy atom. The topological polar surface area (TPSA) is 142 Å². The molecule has 0 saturated carbocycles. The summed E-state index contributed by atoms with van der Waals surface area (Å²) in [6.45, 7) is 1.03. The van der Waals surface area contributed by atoms with Crippen molar-refractivity contribution in [1.82, 2.24) is 0 Å². The van der Waals surface area contributed by atoms with Gasteiger partial charge in [0.05, 0.1) is 84.0 Å². The molecule has 0 aromatic heterocycles. The summed E-state index contributed by atoms with van der Waals surface area (Å²) in [4.78, 5) is 46.3. The highest BCUT2D eigenvalue weighted by Gasteiger charge is 2.33. The van der Waals surface area contributed by atoms with Crippen molar-refractivity contribution in [1.29, 1.82) is 0 Å². The minimum absolute atomic E-state index is 0.0501. The van der Waals surface area contributed by atoms with Crippen LogP contribution in [0.1, 0.15) is 25.7 Å². The van der Waals surface area contributed by atoms with E-state index in [-0.39, 0.29) is 129 Å². The molecule has 0 fully saturated rings. The Morgan fingerprint density at radius 3 is 0.805 bits per heavy atom. The molecule has 0 aliphatic carbocycles. The van der Waals surface area contributed by atoms with E-state index in [4.69, 9.17) is 37.9 Å². The van der Waals surface area contributed by atoms with Crippen molar-refractivity contribution < 1.29 is 57.1 Å². The van der Waals surface area contributed by atoms with Crippen molar-refractivity contribution in [3.63, 3.8) is 0 Å². The Bertz CT molecular complexity index is 597. The highest BCUT2D eigenvalue weighted by atomic mass is 32.1. The molecule has 0 spiro atoms. The summed E-state index contributed by atoms with van der Waals surface area (Å²) in [6, 6.07) is 0. The molecule has 0 saturated heterocycles. The predicted octanol–water partition coefficient (Wildman–Crippen LogP) is 1.49. The van der Waals surface area contributed by atoms with Crippen LogP contribution in [-0.2, 0) is 57.1 Å². The Hall–Kier alpha value is -0.880. The van der Waals surface area contributed by atoms with Gasteiger partial charge in [-0.2, -0.15) is 50.5 Å². The molecule has 0 N–H and O–H groups in total. The number of carbonyl (C=O) groups excluding carboxylic acids is 4. The number of rotatable bonds is 28. The van der Waals surface area contributed by atoms with E-state index in [1.807, 2.05) is 0 Å². The van der Waals surface area contributed by atoms with E-state index in [0.717, 1.165) is 0 Å². The standard InChI is InChI=1S/C25H44O12S4/c26-21(1-13-38)34-9-5-30-17-25(18-31-6-10-35-22(27)2-14-39,19-32-7-11-36-23(28)3-15-40)20-33-8-12-37-24(29)4-16-41/h38-41H,1-20H2. The summed E-state index contributed by atoms with van der Waals surface area (Å²) in [6.07, 6.45) is 0.771. The Balaban J connectivity index is 5.14. The van der Waals surface area contributed by atoms with Gasteiger partial charge in [-0.05, 0) is 0 Å². The van der Waals surface area contributed by atoms with Gasteiger partial charge >= 0.3 is 23.9 Å². The Morgan fingerprint density at radius 2 is 0.610 bits per heavy atom. The first-order valence-corrected chi connectivity index (χ1v) is 15.7. The van der Waals surface area contributed by atoms with Crippen LogP contribution >= 0.6 is 50.5 Å². The number of hydrogen-bond acceptors (Lipinski definition) is 16. The minimum atomic E-state index is -0.853. The monoisotopic (exact) mass is 664 g/mol. The fraction of sp³-hybridized carbons (Fsp3) is 0.840. The average molecular weight is 665 g/mol. The summed E-state index contributed by atoms with van der Waals surface area (Å²) in [5.41, 5.74) is -0.853. The van der Waals surface area contributed by atoms with Crippen LogP contribution in [0.15, 0.2) is 0 Å². The van der Waals surface area contributed by atoms with Gasteiger partial charge in [-0.15, -0.1) is 0 Å². The van der Waals surface area contributed by atoms with Crippen molar-refractivity contribution in [2.24, 2.45) is 5.41 Å². The molecule has 0 radical (unpaired) electrons. The minimum Gasteiger partial charge on any atom is -0.463 e. The zero-order valence-electron chi connectivity index (χ0n) is 23.3. The fourth-order valence-corrected chi connectivity index (χ4v) is 3.65. The third kappa shape index (κ3) is 24.3. The highest BCUT2D eigenvalue weighted by Crippen LogP contribution is 2.21. The van der Waals surface area contributed by atoms with Crippen molar-refractivity contribution in [2.75, 3.05) is 102 Å². The van der Waals surface area contributed by atoms with Gasteiger partial charge < -0.3 is 37.9 Å². The molecule has 16 heteroatoms. The second-order valence-corrected chi connectivity index (χ2v) is 10.3. The first-order chi connectivity index (χ1) is 19.8. The summed E-state index contributed by atoms with van der Waals surface area (Å²) < 4.78 is 43.5. The average Bonchev–Trinajstić information content (AvgIpc) is 2.93. The van der Waals surface area contributed by atoms with Crippen LogP contribution in [0.25, 0.3) is 0 Å². The maximum absolute atomic E-state index is 11.6. The van der Waals surface area contributed by atoms with Gasteiger partial charge in [-0.1, -0.05) is 0 Å². The van der Waals surface area contributed by atoms with Crippen LogP contribution < -0.4 is 0 Å². The second-order valence-electron chi connectivity index (χ2n) is 8.49. The van der Waals surface area contributed by atoms with Crippen LogP contribution in [0.4, 0.5) is 0 Å². The maximum atomic E-state index is 11.6. The molecule has 0 amide bonds. The van der Waals surface area contributed by atoms with Gasteiger partial charge in [0.1, 0.15) is 26.4 Å². The summed E-state index contributed by atoms with van der Waals surface area (Å²) in [5.74, 6) is 0.0163. The number of hydrogen-bond donors (Lipinski definition) is 4. The van der Waals surface area contributed by atoms with Gasteiger partial charge in [0, 0.05) is 23.0 Å². The molecule has 0 aromatic carbocycles. The van der Waals surface area contributed by atoms with Crippen molar-refractivity contribution in [3.05, 3.63) is 0 Å². The van der Waals surface area contributed by atoms with Crippen LogP contribution in [0, 0.1) is 5.41 Å². The lowest BCUT2D eigenvalue weighted by Gasteiger charge is -2.33. The molecule has 12 nitrogen and oxygen atoms in total. The van der Waals surface area contributed by atoms with Gasteiger partial charge in [0.15, 0.2) is 0 Å². The van der Waals surface area contributed by atoms with E-state index in [2.05, 4.69) is 50.5 Å². The molecule has 41 heavy (non-hydrogen) atoms. The number of carbonyl (C=O) groups is 4. The molecule has 0 rings (SSSR count). The summed E-state index contributed by atoms with van der Waals surface area (Å²) in [5, 5.41) is 0. The van der Waals surface area contributed by atoms with Crippen molar-refractivity contribution >= 4 is 74.4 Å². The van der Waals surface area contributed by atoms with Crippen LogP contribution in [0.2, 0.25) is 0 Å². The predicted molar refractivity (Wildman–Crippen MR) is 163 cm³/mol. The van der Waals surface area contributed by atoms with Crippen molar-refractivity contribution in [3.8, 4) is 0 Å². The van der Waals surface area contributed by atoms with E-state index in [1.54, 1.807) is 0 Å². The van der Waals surface area contributed by atoms with E-state index in [9.17, 15) is 19.2 Å². The molecule has 0 atom stereocenters. The lowest BCUT2D eigenvalue weighted by Crippen LogP contribution is -2.43. The normalized spacial score (nSPS) is 11.2. The summed E-state index contributed by atoms with van der Waals surface area (Å²) in [7, 11) is 0. The van der Waals surface area contributed by atoms with E-state index in [0.29, 0.717) is 23.0 Å². The first kappa shape index (κ1) is 40.1. The fourth-order valence-electron chi connectivity index (χ4n) is 2.92. The molecule has 0 aliphatic rings. The van der Waals surface area contributed by atoms with Gasteiger partial charge in [-0.3, -0.25) is 19.2 Å². The Labute approximate surface area is 264 Å². The molecule has 240 valence electrons. The van der Waals surface area contributed by atoms with Gasteiger partial charge in [0.25, 0.3) is 0 Å². The smallest absolute Gasteiger partial charge is 0.306 e. The van der Waals surface area contributed by atoms with E-state index in [1.165, 1.54) is 0 Å². The number of thiol groups is 4. The first-order valence-electron chi connectivity index (χ1n) is 13.2. The molecule has 0 aliphatic heterocycles. The molecule has 0 heterocycles. The SMILES string of the molecule is O=C(CCS)OCCOCC(COCCOC(=O)CCS)(COCCOC(=O)CCS)COCCOC(=O)CCS. The number of ether oxygens (including phenoxy) is 8. The van der Waals surface area contributed by atoms with Crippen LogP contribution in [0.3, 0.4) is 0 Å². The highest BCUT2D eigenvalue weighted by molar-refractivity contribution is 7.80. The molecule has 0 aromatic rings. The van der Waals surface area contributed by atoms with Crippen LogP contribution in [0.5, 0.6) is 0 Å². The maximum Gasteiger partial charge on any atom is 0.306 e. The lowest BCUT2D eigenvalue weighted by molar-refractivity contribution is -0.151. The molecule has 0 bridgehead atoms. The second kappa shape index (κ2) is 27.9. The van der Waals surface area contributed by atoms with Gasteiger partial charge in [0.2, 0.25) is 0 Å². The Kier molecular flexibility index (Phi) is 27.3. The zero-order chi connectivity index (χ0) is 30.6. The van der Waals surface area contributed by atoms with E-state index >= 15 is 0 Å². The third-order valence-corrected chi connectivity index (χ3v) is 5.75. The molecular weight excluding hydrogens is 621 g/mol. The van der Waals surface area contributed by atoms with Gasteiger partial charge in [-0.25, -0.2) is 0 Å². The summed E-state index contributed by atoms with van der Waals surface area (Å²) >= 11 is 16.0. The lowest BCUT2D eigenvalue weighted by atomic mass is 9.92. The quantitative estimate of drug-likeness (QED) is 0.0417. The molecular formula is C25H44O12S4. The third-order valence-electron chi connectivity index (χ3n) is 4.86. The zero-order valence-corrected chi connectivity index (χ0v) is 26.9. The molecule has 0 unspecified atom stereocenters. The largest absolute Gasteiger partial charge is 0.463 e. The van der Waals surface area contributed by atoms with Crippen LogP contribution in [-0.4, -0.2) is 126 Å². The van der Waals surface area contributed by atoms with Crippen molar-refractivity contribution in [2.45, 2.75) is 25.7 Å².